The lowest BCUT2D eigenvalue weighted by molar-refractivity contribution is -0.137. The van der Waals surface area contributed by atoms with Gasteiger partial charge in [0.25, 0.3) is 0 Å². The molecule has 5 heteroatoms. The Bertz CT molecular complexity index is 932. The van der Waals surface area contributed by atoms with Crippen molar-refractivity contribution >= 4 is 23.0 Å². The zero-order chi connectivity index (χ0) is 22.1. The van der Waals surface area contributed by atoms with Gasteiger partial charge in [-0.3, -0.25) is 0 Å². The van der Waals surface area contributed by atoms with E-state index in [-0.39, 0.29) is 5.97 Å². The van der Waals surface area contributed by atoms with Crippen LogP contribution in [0.3, 0.4) is 0 Å². The molecule has 0 heterocycles. The number of anilines is 3. The standard InChI is InChI=1S/C26H27NO4/c1-4-26(28)31-19-5-6-20-7-9-21(10-8-20)27(22-11-15-24(29-2)16-12-22)23-13-17-25(30-3)18-14-23/h4,7-18H,1,5-6,19H2,2-3H3. The second kappa shape index (κ2) is 10.9. The highest BCUT2D eigenvalue weighted by atomic mass is 16.5. The molecule has 0 N–H and O–H groups in total. The lowest BCUT2D eigenvalue weighted by Crippen LogP contribution is -2.10. The summed E-state index contributed by atoms with van der Waals surface area (Å²) in [5.74, 6) is 1.24. The van der Waals surface area contributed by atoms with Gasteiger partial charge in [0.1, 0.15) is 11.5 Å². The van der Waals surface area contributed by atoms with Crippen molar-refractivity contribution in [2.24, 2.45) is 0 Å². The van der Waals surface area contributed by atoms with Crippen molar-refractivity contribution in [2.75, 3.05) is 25.7 Å². The predicted molar refractivity (Wildman–Crippen MR) is 124 cm³/mol. The third kappa shape index (κ3) is 5.89. The van der Waals surface area contributed by atoms with E-state index in [1.165, 1.54) is 11.6 Å². The molecule has 3 aromatic rings. The molecule has 0 saturated carbocycles. The Labute approximate surface area is 183 Å². The second-order valence-corrected chi connectivity index (χ2v) is 6.87. The molecule has 0 saturated heterocycles. The number of nitrogens with zero attached hydrogens (tertiary/aromatic N) is 1. The van der Waals surface area contributed by atoms with E-state index in [1.807, 2.05) is 48.5 Å². The first kappa shape index (κ1) is 22.0. The summed E-state index contributed by atoms with van der Waals surface area (Å²) in [6.07, 6.45) is 2.77. The highest BCUT2D eigenvalue weighted by Gasteiger charge is 2.13. The van der Waals surface area contributed by atoms with Crippen LogP contribution in [-0.2, 0) is 16.0 Å². The summed E-state index contributed by atoms with van der Waals surface area (Å²) < 4.78 is 15.6. The number of benzene rings is 3. The number of methoxy groups -OCH3 is 2. The summed E-state index contributed by atoms with van der Waals surface area (Å²) in [6, 6.07) is 24.3. The van der Waals surface area contributed by atoms with Gasteiger partial charge in [0, 0.05) is 23.1 Å². The Morgan fingerprint density at radius 1 is 0.806 bits per heavy atom. The molecule has 0 aliphatic rings. The zero-order valence-electron chi connectivity index (χ0n) is 17.9. The topological polar surface area (TPSA) is 48.0 Å². The molecule has 5 nitrogen and oxygen atoms in total. The first-order chi connectivity index (χ1) is 15.1. The Hall–Kier alpha value is -3.73. The molecule has 0 unspecified atom stereocenters. The number of aryl methyl sites for hydroxylation is 1. The third-order valence-electron chi connectivity index (χ3n) is 4.88. The molecule has 0 spiro atoms. The van der Waals surface area contributed by atoms with E-state index in [1.54, 1.807) is 14.2 Å². The average Bonchev–Trinajstić information content (AvgIpc) is 2.83. The normalized spacial score (nSPS) is 10.3. The van der Waals surface area contributed by atoms with Crippen molar-refractivity contribution in [1.82, 2.24) is 0 Å². The number of ether oxygens (including phenoxy) is 3. The monoisotopic (exact) mass is 417 g/mol. The molecular weight excluding hydrogens is 390 g/mol. The lowest BCUT2D eigenvalue weighted by Gasteiger charge is -2.26. The third-order valence-corrected chi connectivity index (χ3v) is 4.88. The predicted octanol–water partition coefficient (Wildman–Crippen LogP) is 5.84. The van der Waals surface area contributed by atoms with E-state index in [4.69, 9.17) is 14.2 Å². The van der Waals surface area contributed by atoms with Crippen molar-refractivity contribution in [3.8, 4) is 11.5 Å². The average molecular weight is 418 g/mol. The number of hydrogen-bond acceptors (Lipinski definition) is 5. The minimum atomic E-state index is -0.384. The first-order valence-corrected chi connectivity index (χ1v) is 10.1. The number of carbonyl (C=O) groups excluding carboxylic acids is 1. The van der Waals surface area contributed by atoms with Crippen molar-refractivity contribution in [2.45, 2.75) is 12.8 Å². The van der Waals surface area contributed by atoms with E-state index < -0.39 is 0 Å². The quantitative estimate of drug-likeness (QED) is 0.236. The molecule has 160 valence electrons. The largest absolute Gasteiger partial charge is 0.497 e. The van der Waals surface area contributed by atoms with Crippen LogP contribution in [0.1, 0.15) is 12.0 Å². The van der Waals surface area contributed by atoms with Gasteiger partial charge >= 0.3 is 5.97 Å². The molecule has 0 bridgehead atoms. The maximum Gasteiger partial charge on any atom is 0.330 e. The van der Waals surface area contributed by atoms with Crippen molar-refractivity contribution in [1.29, 1.82) is 0 Å². The molecule has 31 heavy (non-hydrogen) atoms. The number of carbonyl (C=O) groups is 1. The van der Waals surface area contributed by atoms with Crippen LogP contribution < -0.4 is 14.4 Å². The van der Waals surface area contributed by atoms with Gasteiger partial charge < -0.3 is 19.1 Å². The smallest absolute Gasteiger partial charge is 0.330 e. The minimum Gasteiger partial charge on any atom is -0.497 e. The van der Waals surface area contributed by atoms with E-state index in [0.717, 1.165) is 41.4 Å². The van der Waals surface area contributed by atoms with Crippen molar-refractivity contribution in [3.63, 3.8) is 0 Å². The maximum absolute atomic E-state index is 11.1. The van der Waals surface area contributed by atoms with Gasteiger partial charge in [-0.1, -0.05) is 18.7 Å². The summed E-state index contributed by atoms with van der Waals surface area (Å²) in [5, 5.41) is 0. The molecule has 0 radical (unpaired) electrons. The van der Waals surface area contributed by atoms with E-state index >= 15 is 0 Å². The van der Waals surface area contributed by atoms with Crippen LogP contribution in [0, 0.1) is 0 Å². The Morgan fingerprint density at radius 2 is 1.26 bits per heavy atom. The number of esters is 1. The SMILES string of the molecule is C=CC(=O)OCCCc1ccc(N(c2ccc(OC)cc2)c2ccc(OC)cc2)cc1. The van der Waals surface area contributed by atoms with Crippen LogP contribution in [0.15, 0.2) is 85.5 Å². The molecule has 0 fully saturated rings. The molecule has 3 rings (SSSR count). The zero-order valence-corrected chi connectivity index (χ0v) is 17.9. The van der Waals surface area contributed by atoms with Gasteiger partial charge in [0.05, 0.1) is 20.8 Å². The molecule has 0 aromatic heterocycles. The minimum absolute atomic E-state index is 0.384. The fourth-order valence-electron chi connectivity index (χ4n) is 3.23. The number of hydrogen-bond donors (Lipinski definition) is 0. The van der Waals surface area contributed by atoms with Gasteiger partial charge in [0.15, 0.2) is 0 Å². The summed E-state index contributed by atoms with van der Waals surface area (Å²) in [7, 11) is 3.32. The van der Waals surface area contributed by atoms with Gasteiger partial charge in [-0.15, -0.1) is 0 Å². The van der Waals surface area contributed by atoms with Gasteiger partial charge in [-0.2, -0.15) is 0 Å². The second-order valence-electron chi connectivity index (χ2n) is 6.87. The molecule has 3 aromatic carbocycles. The van der Waals surface area contributed by atoms with Gasteiger partial charge in [0.2, 0.25) is 0 Å². The Kier molecular flexibility index (Phi) is 7.71. The van der Waals surface area contributed by atoms with Gasteiger partial charge in [-0.25, -0.2) is 4.79 Å². The Morgan fingerprint density at radius 3 is 1.68 bits per heavy atom. The van der Waals surface area contributed by atoms with Crippen LogP contribution >= 0.6 is 0 Å². The Balaban J connectivity index is 1.81. The van der Waals surface area contributed by atoms with Crippen LogP contribution in [0.4, 0.5) is 17.1 Å². The van der Waals surface area contributed by atoms with Crippen LogP contribution in [0.2, 0.25) is 0 Å². The molecule has 0 aliphatic carbocycles. The van der Waals surface area contributed by atoms with E-state index in [2.05, 4.69) is 35.7 Å². The van der Waals surface area contributed by atoms with Crippen LogP contribution in [0.5, 0.6) is 11.5 Å². The first-order valence-electron chi connectivity index (χ1n) is 10.1. The number of rotatable bonds is 10. The van der Waals surface area contributed by atoms with Crippen molar-refractivity contribution in [3.05, 3.63) is 91.0 Å². The fraction of sp³-hybridized carbons (Fsp3) is 0.192. The maximum atomic E-state index is 11.1. The molecule has 0 atom stereocenters. The highest BCUT2D eigenvalue weighted by Crippen LogP contribution is 2.36. The lowest BCUT2D eigenvalue weighted by atomic mass is 10.1. The molecular formula is C26H27NO4. The highest BCUT2D eigenvalue weighted by molar-refractivity contribution is 5.81. The summed E-state index contributed by atoms with van der Waals surface area (Å²) >= 11 is 0. The summed E-state index contributed by atoms with van der Waals surface area (Å²) in [5.41, 5.74) is 4.27. The van der Waals surface area contributed by atoms with E-state index in [9.17, 15) is 4.79 Å². The van der Waals surface area contributed by atoms with Crippen LogP contribution in [0.25, 0.3) is 0 Å². The summed E-state index contributed by atoms with van der Waals surface area (Å²) in [4.78, 5) is 13.3. The van der Waals surface area contributed by atoms with Crippen molar-refractivity contribution < 1.29 is 19.0 Å². The molecule has 0 amide bonds. The molecule has 0 aliphatic heterocycles. The van der Waals surface area contributed by atoms with Crippen LogP contribution in [-0.4, -0.2) is 26.8 Å². The van der Waals surface area contributed by atoms with E-state index in [0.29, 0.717) is 6.61 Å². The summed E-state index contributed by atoms with van der Waals surface area (Å²) in [6.45, 7) is 3.79. The fourth-order valence-corrected chi connectivity index (χ4v) is 3.23. The van der Waals surface area contributed by atoms with Gasteiger partial charge in [-0.05, 0) is 79.1 Å².